The minimum atomic E-state index is -0.933. The molecular weight excluding hydrogens is 372 g/mol. The largest absolute Gasteiger partial charge is 0.361 e. The summed E-state index contributed by atoms with van der Waals surface area (Å²) in [6.45, 7) is 3.23. The van der Waals surface area contributed by atoms with Gasteiger partial charge in [-0.25, -0.2) is 5.84 Å². The maximum Gasteiger partial charge on any atom is 0.310 e. The number of nitrogens with two attached hydrogens (primary N) is 1. The van der Waals surface area contributed by atoms with E-state index in [0.29, 0.717) is 42.5 Å². The van der Waals surface area contributed by atoms with Crippen LogP contribution in [0.4, 0.5) is 5.69 Å². The molecule has 2 aliphatic heterocycles. The summed E-state index contributed by atoms with van der Waals surface area (Å²) in [5.41, 5.74) is 2.75. The zero-order chi connectivity index (χ0) is 19.1. The second-order valence-corrected chi connectivity index (χ2v) is 7.19. The second kappa shape index (κ2) is 7.10. The van der Waals surface area contributed by atoms with E-state index in [4.69, 9.17) is 22.3 Å². The minimum Gasteiger partial charge on any atom is -0.361 e. The molecule has 4 N–H and O–H groups in total. The number of anilines is 1. The van der Waals surface area contributed by atoms with Crippen molar-refractivity contribution in [3.8, 4) is 0 Å². The zero-order valence-electron chi connectivity index (χ0n) is 14.8. The summed E-state index contributed by atoms with van der Waals surface area (Å²) in [6, 6.07) is 7.13. The van der Waals surface area contributed by atoms with Crippen molar-refractivity contribution in [2.24, 2.45) is 5.84 Å². The van der Waals surface area contributed by atoms with E-state index in [0.717, 1.165) is 16.4 Å². The zero-order valence-corrected chi connectivity index (χ0v) is 15.6. The molecule has 1 aromatic heterocycles. The lowest BCUT2D eigenvalue weighted by molar-refractivity contribution is -0.159. The number of hydroxylamine groups is 1. The third kappa shape index (κ3) is 3.52. The molecule has 0 fully saturated rings. The van der Waals surface area contributed by atoms with E-state index in [-0.39, 0.29) is 6.10 Å². The summed E-state index contributed by atoms with van der Waals surface area (Å²) < 4.78 is 1.66. The Morgan fingerprint density at radius 1 is 1.48 bits per heavy atom. The maximum absolute atomic E-state index is 12.6. The smallest absolute Gasteiger partial charge is 0.310 e. The van der Waals surface area contributed by atoms with Gasteiger partial charge in [-0.15, -0.1) is 5.17 Å². The van der Waals surface area contributed by atoms with E-state index >= 15 is 0 Å². The molecule has 0 saturated heterocycles. The van der Waals surface area contributed by atoms with Crippen LogP contribution in [-0.4, -0.2) is 49.9 Å². The number of carbonyl (C=O) groups is 1. The molecule has 4 rings (SSSR count). The van der Waals surface area contributed by atoms with Crippen molar-refractivity contribution in [1.82, 2.24) is 19.9 Å². The SMILES string of the molecule is CC1Cn2nc3c(c2C(=O)N(N)O1)CN(C(O)Nc1cccc(Cl)c1)CC3. The van der Waals surface area contributed by atoms with Crippen molar-refractivity contribution in [3.63, 3.8) is 0 Å². The fourth-order valence-corrected chi connectivity index (χ4v) is 3.66. The van der Waals surface area contributed by atoms with Crippen LogP contribution in [0, 0.1) is 0 Å². The molecule has 2 aromatic rings. The van der Waals surface area contributed by atoms with Crippen molar-refractivity contribution in [2.75, 3.05) is 11.9 Å². The standard InChI is InChI=1S/C17H21ClN6O3/c1-10-8-23-15(16(25)24(19)27-10)13-9-22(6-5-14(13)21-23)17(26)20-12-4-2-3-11(18)7-12/h2-4,7,10,17,20,26H,5-6,8-9,19H2,1H3. The van der Waals surface area contributed by atoms with Gasteiger partial charge < -0.3 is 10.4 Å². The first kappa shape index (κ1) is 18.2. The number of hydrogen-bond acceptors (Lipinski definition) is 7. The number of carbonyl (C=O) groups excluding carboxylic acids is 1. The number of benzene rings is 1. The Hall–Kier alpha value is -2.17. The molecule has 2 unspecified atom stereocenters. The third-order valence-electron chi connectivity index (χ3n) is 4.72. The first-order chi connectivity index (χ1) is 12.9. The molecule has 0 aliphatic carbocycles. The van der Waals surface area contributed by atoms with Crippen LogP contribution in [0.15, 0.2) is 24.3 Å². The number of halogens is 1. The molecular formula is C17H21ClN6O3. The van der Waals surface area contributed by atoms with Crippen LogP contribution in [-0.2, 0) is 24.3 Å². The number of nitrogens with one attached hydrogen (secondary N) is 1. The quantitative estimate of drug-likeness (QED) is 0.405. The van der Waals surface area contributed by atoms with Gasteiger partial charge in [0.05, 0.1) is 12.2 Å². The van der Waals surface area contributed by atoms with E-state index < -0.39 is 12.3 Å². The molecule has 2 aliphatic rings. The van der Waals surface area contributed by atoms with Crippen molar-refractivity contribution in [3.05, 3.63) is 46.2 Å². The van der Waals surface area contributed by atoms with Gasteiger partial charge in [-0.3, -0.25) is 19.2 Å². The van der Waals surface area contributed by atoms with Crippen LogP contribution < -0.4 is 11.2 Å². The van der Waals surface area contributed by atoms with Gasteiger partial charge in [0.1, 0.15) is 11.8 Å². The fourth-order valence-electron chi connectivity index (χ4n) is 3.47. The molecule has 2 atom stereocenters. The number of aromatic nitrogens is 2. The summed E-state index contributed by atoms with van der Waals surface area (Å²) in [5.74, 6) is 5.28. The van der Waals surface area contributed by atoms with Gasteiger partial charge in [0.15, 0.2) is 6.35 Å². The summed E-state index contributed by atoms with van der Waals surface area (Å²) in [7, 11) is 0. The average molecular weight is 393 g/mol. The van der Waals surface area contributed by atoms with Crippen molar-refractivity contribution in [2.45, 2.75) is 38.9 Å². The molecule has 27 heavy (non-hydrogen) atoms. The fraction of sp³-hybridized carbons (Fsp3) is 0.412. The summed E-state index contributed by atoms with van der Waals surface area (Å²) in [6.07, 6.45) is -0.582. The number of nitrogens with zero attached hydrogens (tertiary/aromatic N) is 4. The molecule has 0 saturated carbocycles. The van der Waals surface area contributed by atoms with Gasteiger partial charge in [0.25, 0.3) is 0 Å². The van der Waals surface area contributed by atoms with Gasteiger partial charge in [0.2, 0.25) is 0 Å². The predicted octanol–water partition coefficient (Wildman–Crippen LogP) is 0.932. The minimum absolute atomic E-state index is 0.271. The third-order valence-corrected chi connectivity index (χ3v) is 4.96. The van der Waals surface area contributed by atoms with Gasteiger partial charge in [-0.1, -0.05) is 17.7 Å². The average Bonchev–Trinajstić information content (AvgIpc) is 2.92. The van der Waals surface area contributed by atoms with Crippen molar-refractivity contribution >= 4 is 23.2 Å². The van der Waals surface area contributed by atoms with E-state index in [1.807, 2.05) is 17.9 Å². The van der Waals surface area contributed by atoms with Gasteiger partial charge in [-0.05, 0) is 25.1 Å². The topological polar surface area (TPSA) is 109 Å². The van der Waals surface area contributed by atoms with Crippen LogP contribution in [0.3, 0.4) is 0 Å². The molecule has 9 nitrogen and oxygen atoms in total. The number of rotatable bonds is 3. The molecule has 144 valence electrons. The van der Waals surface area contributed by atoms with Crippen LogP contribution in [0.2, 0.25) is 5.02 Å². The first-order valence-electron chi connectivity index (χ1n) is 8.71. The Balaban J connectivity index is 1.57. The predicted molar refractivity (Wildman–Crippen MR) is 98.3 cm³/mol. The van der Waals surface area contributed by atoms with Crippen LogP contribution >= 0.6 is 11.6 Å². The highest BCUT2D eigenvalue weighted by Crippen LogP contribution is 2.27. The second-order valence-electron chi connectivity index (χ2n) is 6.75. The Morgan fingerprint density at radius 3 is 3.07 bits per heavy atom. The van der Waals surface area contributed by atoms with E-state index in [2.05, 4.69) is 10.4 Å². The maximum atomic E-state index is 12.6. The number of hydrazine groups is 1. The highest BCUT2D eigenvalue weighted by molar-refractivity contribution is 6.30. The van der Waals surface area contributed by atoms with Gasteiger partial charge in [-0.2, -0.15) is 5.10 Å². The van der Waals surface area contributed by atoms with Gasteiger partial charge >= 0.3 is 5.91 Å². The summed E-state index contributed by atoms with van der Waals surface area (Å²) >= 11 is 5.99. The van der Waals surface area contributed by atoms with Crippen molar-refractivity contribution in [1.29, 1.82) is 0 Å². The lowest BCUT2D eigenvalue weighted by atomic mass is 10.1. The molecule has 3 heterocycles. The lowest BCUT2D eigenvalue weighted by Gasteiger charge is -2.32. The van der Waals surface area contributed by atoms with E-state index in [9.17, 15) is 9.90 Å². The molecule has 0 spiro atoms. The van der Waals surface area contributed by atoms with Crippen molar-refractivity contribution < 1.29 is 14.7 Å². The normalized spacial score (nSPS) is 21.4. The number of fused-ring (bicyclic) bond motifs is 3. The Kier molecular flexibility index (Phi) is 4.79. The highest BCUT2D eigenvalue weighted by atomic mass is 35.5. The lowest BCUT2D eigenvalue weighted by Crippen LogP contribution is -2.44. The molecule has 0 bridgehead atoms. The highest BCUT2D eigenvalue weighted by Gasteiger charge is 2.35. The number of hydrogen-bond donors (Lipinski definition) is 3. The Morgan fingerprint density at radius 2 is 2.30 bits per heavy atom. The number of aliphatic hydroxyl groups excluding tert-OH is 1. The monoisotopic (exact) mass is 392 g/mol. The van der Waals surface area contributed by atoms with E-state index in [1.54, 1.807) is 22.9 Å². The number of aliphatic hydroxyl groups is 1. The molecule has 0 radical (unpaired) electrons. The van der Waals surface area contributed by atoms with E-state index in [1.165, 1.54) is 0 Å². The Labute approximate surface area is 161 Å². The van der Waals surface area contributed by atoms with Crippen LogP contribution in [0.1, 0.15) is 28.7 Å². The Bertz CT molecular complexity index is 872. The first-order valence-corrected chi connectivity index (χ1v) is 9.09. The van der Waals surface area contributed by atoms with Gasteiger partial charge in [0, 0.05) is 35.8 Å². The number of amides is 1. The molecule has 10 heteroatoms. The van der Waals surface area contributed by atoms with Crippen LogP contribution in [0.5, 0.6) is 0 Å². The summed E-state index contributed by atoms with van der Waals surface area (Å²) in [5, 5.41) is 19.5. The summed E-state index contributed by atoms with van der Waals surface area (Å²) in [4.78, 5) is 19.8. The molecule has 1 aromatic carbocycles. The molecule has 1 amide bonds. The van der Waals surface area contributed by atoms with Crippen LogP contribution in [0.25, 0.3) is 0 Å².